The molecular formula is C7H11N2S. The lowest BCUT2D eigenvalue weighted by Gasteiger charge is -2.00. The van der Waals surface area contributed by atoms with Crippen LogP contribution in [0.3, 0.4) is 0 Å². The zero-order valence-electron chi connectivity index (χ0n) is 6.29. The van der Waals surface area contributed by atoms with Crippen molar-refractivity contribution in [3.05, 3.63) is 12.3 Å². The van der Waals surface area contributed by atoms with Crippen molar-refractivity contribution >= 4 is 11.8 Å². The SMILES string of the molecule is CCCn1n[c]cc1SC. The molecule has 0 N–H and O–H groups in total. The summed E-state index contributed by atoms with van der Waals surface area (Å²) >= 11 is 1.71. The third-order valence-corrected chi connectivity index (χ3v) is 2.01. The summed E-state index contributed by atoms with van der Waals surface area (Å²) < 4.78 is 1.98. The monoisotopic (exact) mass is 155 g/mol. The van der Waals surface area contributed by atoms with Crippen LogP contribution in [0.4, 0.5) is 0 Å². The number of aromatic nitrogens is 2. The molecule has 0 spiro atoms. The Balaban J connectivity index is 2.70. The fourth-order valence-electron chi connectivity index (χ4n) is 0.814. The first-order chi connectivity index (χ1) is 4.88. The highest BCUT2D eigenvalue weighted by Crippen LogP contribution is 2.12. The van der Waals surface area contributed by atoms with E-state index in [1.165, 1.54) is 5.03 Å². The summed E-state index contributed by atoms with van der Waals surface area (Å²) in [4.78, 5) is 0. The van der Waals surface area contributed by atoms with Gasteiger partial charge >= 0.3 is 0 Å². The van der Waals surface area contributed by atoms with Crippen LogP contribution in [0.25, 0.3) is 0 Å². The molecule has 0 atom stereocenters. The lowest BCUT2D eigenvalue weighted by molar-refractivity contribution is 0.558. The van der Waals surface area contributed by atoms with Crippen LogP contribution in [-0.4, -0.2) is 16.0 Å². The lowest BCUT2D eigenvalue weighted by atomic mass is 10.5. The quantitative estimate of drug-likeness (QED) is 0.620. The maximum absolute atomic E-state index is 4.05. The van der Waals surface area contributed by atoms with Crippen molar-refractivity contribution in [2.24, 2.45) is 0 Å². The molecule has 0 saturated carbocycles. The Labute approximate surface area is 65.6 Å². The van der Waals surface area contributed by atoms with Crippen LogP contribution < -0.4 is 0 Å². The number of nitrogens with zero attached hydrogens (tertiary/aromatic N) is 2. The van der Waals surface area contributed by atoms with Crippen LogP contribution in [0.15, 0.2) is 11.1 Å². The molecular weight excluding hydrogens is 144 g/mol. The Bertz CT molecular complexity index is 195. The van der Waals surface area contributed by atoms with Gasteiger partial charge in [0.15, 0.2) is 0 Å². The molecule has 0 aliphatic rings. The molecule has 0 saturated heterocycles. The molecule has 1 aromatic heterocycles. The van der Waals surface area contributed by atoms with Gasteiger partial charge in [0.05, 0.1) is 5.03 Å². The van der Waals surface area contributed by atoms with Crippen LogP contribution in [-0.2, 0) is 6.54 Å². The average molecular weight is 155 g/mol. The predicted molar refractivity (Wildman–Crippen MR) is 43.1 cm³/mol. The Morgan fingerprint density at radius 1 is 1.80 bits per heavy atom. The molecule has 0 aliphatic carbocycles. The van der Waals surface area contributed by atoms with Crippen LogP contribution in [0, 0.1) is 6.20 Å². The van der Waals surface area contributed by atoms with Gasteiger partial charge in [-0.15, -0.1) is 11.8 Å². The van der Waals surface area contributed by atoms with Gasteiger partial charge in [0, 0.05) is 6.54 Å². The first kappa shape index (κ1) is 7.66. The van der Waals surface area contributed by atoms with Crippen molar-refractivity contribution < 1.29 is 0 Å². The van der Waals surface area contributed by atoms with Gasteiger partial charge in [-0.05, 0) is 18.7 Å². The van der Waals surface area contributed by atoms with E-state index in [1.54, 1.807) is 11.8 Å². The number of rotatable bonds is 3. The molecule has 0 bridgehead atoms. The fraction of sp³-hybridized carbons (Fsp3) is 0.571. The number of hydrogen-bond donors (Lipinski definition) is 0. The summed E-state index contributed by atoms with van der Waals surface area (Å²) in [5, 5.41) is 5.24. The smallest absolute Gasteiger partial charge is 0.114 e. The fourth-order valence-corrected chi connectivity index (χ4v) is 1.33. The lowest BCUT2D eigenvalue weighted by Crippen LogP contribution is -1.99. The van der Waals surface area contributed by atoms with E-state index in [9.17, 15) is 0 Å². The van der Waals surface area contributed by atoms with Crippen molar-refractivity contribution in [1.82, 2.24) is 9.78 Å². The topological polar surface area (TPSA) is 17.8 Å². The second-order valence-electron chi connectivity index (χ2n) is 2.04. The first-order valence-electron chi connectivity index (χ1n) is 3.36. The van der Waals surface area contributed by atoms with Gasteiger partial charge in [0.1, 0.15) is 6.20 Å². The Morgan fingerprint density at radius 2 is 2.60 bits per heavy atom. The van der Waals surface area contributed by atoms with Gasteiger partial charge in [0.25, 0.3) is 0 Å². The molecule has 0 aliphatic heterocycles. The molecule has 10 heavy (non-hydrogen) atoms. The number of hydrogen-bond acceptors (Lipinski definition) is 2. The van der Waals surface area contributed by atoms with Gasteiger partial charge in [-0.1, -0.05) is 6.92 Å². The Kier molecular flexibility index (Phi) is 2.81. The highest BCUT2D eigenvalue weighted by atomic mass is 32.2. The minimum absolute atomic E-state index is 1.000. The van der Waals surface area contributed by atoms with Crippen molar-refractivity contribution in [1.29, 1.82) is 0 Å². The third-order valence-electron chi connectivity index (χ3n) is 1.27. The molecule has 0 aromatic carbocycles. The molecule has 2 nitrogen and oxygen atoms in total. The molecule has 1 rings (SSSR count). The maximum Gasteiger partial charge on any atom is 0.114 e. The average Bonchev–Trinajstić information content (AvgIpc) is 2.36. The van der Waals surface area contributed by atoms with Gasteiger partial charge in [-0.2, -0.15) is 5.10 Å². The van der Waals surface area contributed by atoms with E-state index >= 15 is 0 Å². The molecule has 55 valence electrons. The first-order valence-corrected chi connectivity index (χ1v) is 4.59. The molecule has 1 heterocycles. The highest BCUT2D eigenvalue weighted by Gasteiger charge is 1.97. The van der Waals surface area contributed by atoms with Gasteiger partial charge in [-0.25, -0.2) is 0 Å². The van der Waals surface area contributed by atoms with Gasteiger partial charge < -0.3 is 0 Å². The summed E-state index contributed by atoms with van der Waals surface area (Å²) in [5.41, 5.74) is 0. The van der Waals surface area contributed by atoms with Crippen LogP contribution in [0.2, 0.25) is 0 Å². The zero-order chi connectivity index (χ0) is 7.40. The largest absolute Gasteiger partial charge is 0.258 e. The molecule has 0 amide bonds. The molecule has 1 aromatic rings. The van der Waals surface area contributed by atoms with Gasteiger partial charge in [-0.3, -0.25) is 4.68 Å². The molecule has 0 fully saturated rings. The van der Waals surface area contributed by atoms with Crippen molar-refractivity contribution in [2.75, 3.05) is 6.26 Å². The zero-order valence-corrected chi connectivity index (χ0v) is 7.11. The standard InChI is InChI=1S/C7H11N2S/c1-3-6-9-7(10-2)4-5-8-9/h4H,3,6H2,1-2H3. The highest BCUT2D eigenvalue weighted by molar-refractivity contribution is 7.98. The number of aryl methyl sites for hydroxylation is 1. The van der Waals surface area contributed by atoms with E-state index in [2.05, 4.69) is 24.5 Å². The molecule has 1 radical (unpaired) electrons. The summed E-state index contributed by atoms with van der Waals surface area (Å²) in [6, 6.07) is 1.92. The van der Waals surface area contributed by atoms with E-state index in [0.717, 1.165) is 13.0 Å². The van der Waals surface area contributed by atoms with Crippen molar-refractivity contribution in [3.8, 4) is 0 Å². The van der Waals surface area contributed by atoms with E-state index in [0.29, 0.717) is 0 Å². The van der Waals surface area contributed by atoms with Gasteiger partial charge in [0.2, 0.25) is 0 Å². The van der Waals surface area contributed by atoms with E-state index in [4.69, 9.17) is 0 Å². The summed E-state index contributed by atoms with van der Waals surface area (Å²) in [6.45, 7) is 3.14. The van der Waals surface area contributed by atoms with E-state index in [-0.39, 0.29) is 0 Å². The van der Waals surface area contributed by atoms with Crippen LogP contribution in [0.1, 0.15) is 13.3 Å². The van der Waals surface area contributed by atoms with E-state index < -0.39 is 0 Å². The number of thioether (sulfide) groups is 1. The second-order valence-corrected chi connectivity index (χ2v) is 2.87. The minimum Gasteiger partial charge on any atom is -0.258 e. The van der Waals surface area contributed by atoms with Crippen LogP contribution >= 0.6 is 11.8 Å². The Hall–Kier alpha value is -0.440. The summed E-state index contributed by atoms with van der Waals surface area (Å²) in [6.07, 6.45) is 6.01. The molecule has 0 unspecified atom stereocenters. The van der Waals surface area contributed by atoms with Crippen LogP contribution in [0.5, 0.6) is 0 Å². The van der Waals surface area contributed by atoms with Crippen molar-refractivity contribution in [3.63, 3.8) is 0 Å². The Morgan fingerprint density at radius 3 is 3.20 bits per heavy atom. The minimum atomic E-state index is 1.000. The predicted octanol–water partition coefficient (Wildman–Crippen LogP) is 1.82. The summed E-state index contributed by atoms with van der Waals surface area (Å²) in [5.74, 6) is 0. The normalized spacial score (nSPS) is 10.2. The van der Waals surface area contributed by atoms with Crippen molar-refractivity contribution in [2.45, 2.75) is 24.9 Å². The second kappa shape index (κ2) is 3.66. The maximum atomic E-state index is 4.05. The third kappa shape index (κ3) is 1.53. The molecule has 3 heteroatoms. The van der Waals surface area contributed by atoms with E-state index in [1.807, 2.05) is 10.7 Å². The summed E-state index contributed by atoms with van der Waals surface area (Å²) in [7, 11) is 0.